The van der Waals surface area contributed by atoms with Crippen molar-refractivity contribution in [3.8, 4) is 0 Å². The van der Waals surface area contributed by atoms with Gasteiger partial charge in [0, 0.05) is 41.2 Å². The Labute approximate surface area is 329 Å². The van der Waals surface area contributed by atoms with Crippen molar-refractivity contribution in [1.82, 2.24) is 0 Å². The van der Waals surface area contributed by atoms with Crippen molar-refractivity contribution < 1.29 is 4.58 Å². The molecular weight excluding hydrogens is 709 g/mol. The van der Waals surface area contributed by atoms with Crippen LogP contribution in [-0.4, -0.2) is 31.2 Å². The van der Waals surface area contributed by atoms with Gasteiger partial charge < -0.3 is 9.80 Å². The van der Waals surface area contributed by atoms with Crippen molar-refractivity contribution in [1.29, 1.82) is 0 Å². The van der Waals surface area contributed by atoms with E-state index in [1.54, 1.807) is 0 Å². The van der Waals surface area contributed by atoms with Gasteiger partial charge in [-0.15, -0.1) is 0 Å². The van der Waals surface area contributed by atoms with E-state index in [1.165, 1.54) is 61.8 Å². The molecule has 0 bridgehead atoms. The number of rotatable bonds is 9. The van der Waals surface area contributed by atoms with Gasteiger partial charge >= 0.3 is 0 Å². The fraction of sp³-hybridized carbons (Fsp3) is 0.354. The first-order valence-corrected chi connectivity index (χ1v) is 20.2. The molecule has 3 nitrogen and oxygen atoms in total. The monoisotopic (exact) mass is 764 g/mol. The lowest BCUT2D eigenvalue weighted by atomic mass is 9.77. The second-order valence-electron chi connectivity index (χ2n) is 16.2. The van der Waals surface area contributed by atoms with Crippen LogP contribution in [0.25, 0.3) is 0 Å². The molecule has 53 heavy (non-hydrogen) atoms. The number of anilines is 3. The Kier molecular flexibility index (Phi) is 11.1. The molecule has 1 unspecified atom stereocenters. The SMILES string of the molecule is Bc1ccc(N(C2=C(/C=C/C3=[N+](CC)C(=C/C=C(C)C)/C(C)C3(C)C)CC/C2=C\C=C2\N(CC)c3ccc(C)cc3C2(C)C)c2c#cc(Br)cc2)cc1. The molecule has 0 aromatic heterocycles. The van der Waals surface area contributed by atoms with Crippen LogP contribution in [0.4, 0.5) is 17.1 Å². The van der Waals surface area contributed by atoms with Crippen LogP contribution < -0.4 is 15.3 Å². The molecule has 6 rings (SSSR count). The predicted molar refractivity (Wildman–Crippen MR) is 234 cm³/mol. The van der Waals surface area contributed by atoms with E-state index in [1.807, 2.05) is 0 Å². The summed E-state index contributed by atoms with van der Waals surface area (Å²) in [5, 5.41) is 0. The van der Waals surface area contributed by atoms with Gasteiger partial charge in [-0.1, -0.05) is 85.9 Å². The minimum atomic E-state index is -0.105. The van der Waals surface area contributed by atoms with Crippen LogP contribution in [-0.2, 0) is 5.41 Å². The zero-order valence-electron chi connectivity index (χ0n) is 33.8. The van der Waals surface area contributed by atoms with E-state index < -0.39 is 0 Å². The van der Waals surface area contributed by atoms with Gasteiger partial charge in [0.1, 0.15) is 14.4 Å². The minimum Gasteiger partial charge on any atom is -0.344 e. The molecule has 3 aliphatic rings. The largest absolute Gasteiger partial charge is 0.344 e. The van der Waals surface area contributed by atoms with Crippen molar-refractivity contribution in [3.05, 3.63) is 153 Å². The highest BCUT2D eigenvalue weighted by Crippen LogP contribution is 2.49. The third kappa shape index (κ3) is 7.33. The van der Waals surface area contributed by atoms with Gasteiger partial charge in [-0.2, -0.15) is 4.58 Å². The van der Waals surface area contributed by atoms with Crippen molar-refractivity contribution in [2.24, 2.45) is 11.3 Å². The third-order valence-electron chi connectivity index (χ3n) is 11.7. The fourth-order valence-corrected chi connectivity index (χ4v) is 8.57. The number of aryl methyl sites for hydroxylation is 1. The van der Waals surface area contributed by atoms with Gasteiger partial charge in [0.15, 0.2) is 11.4 Å². The van der Waals surface area contributed by atoms with Crippen LogP contribution in [0, 0.1) is 30.4 Å². The van der Waals surface area contributed by atoms with E-state index in [4.69, 9.17) is 0 Å². The lowest BCUT2D eigenvalue weighted by Gasteiger charge is -2.28. The molecule has 1 atom stereocenters. The third-order valence-corrected chi connectivity index (χ3v) is 12.1. The molecule has 2 heterocycles. The Morgan fingerprint density at radius 2 is 1.70 bits per heavy atom. The standard InChI is InChI=1S/C48H56BBrN3/c1-11-51-42(27-13-32(3)4)34(6)47(7,8)44(51)29-17-35-15-16-36(18-30-45-48(9,10)41-31-33(5)14-28-43(41)52(45)12-2)46(35)53(39-23-19-37(49)20-24-39)40-25-21-38(50)22-26-40/h13-14,17-21,23-25,27-31,34H,11-12,15-16,49H2,1-10H3/q+1/b42-27+. The maximum atomic E-state index is 3.62. The maximum Gasteiger partial charge on any atom is 0.188 e. The number of halogens is 1. The first kappa shape index (κ1) is 38.5. The van der Waals surface area contributed by atoms with Gasteiger partial charge in [0.25, 0.3) is 0 Å². The van der Waals surface area contributed by atoms with Crippen LogP contribution in [0.1, 0.15) is 86.3 Å². The summed E-state index contributed by atoms with van der Waals surface area (Å²) < 4.78 is 3.43. The van der Waals surface area contributed by atoms with Crippen LogP contribution >= 0.6 is 15.9 Å². The summed E-state index contributed by atoms with van der Waals surface area (Å²) >= 11 is 3.62. The van der Waals surface area contributed by atoms with E-state index in [0.29, 0.717) is 5.92 Å². The van der Waals surface area contributed by atoms with Gasteiger partial charge in [-0.25, -0.2) is 0 Å². The molecule has 0 N–H and O–H groups in total. The summed E-state index contributed by atoms with van der Waals surface area (Å²) in [5.41, 5.74) is 16.6. The van der Waals surface area contributed by atoms with Gasteiger partial charge in [0.2, 0.25) is 0 Å². The van der Waals surface area contributed by atoms with Crippen molar-refractivity contribution in [3.63, 3.8) is 0 Å². The summed E-state index contributed by atoms with van der Waals surface area (Å²) in [6.45, 7) is 24.9. The maximum absolute atomic E-state index is 3.62. The number of nitrogens with zero attached hydrogens (tertiary/aromatic N) is 3. The number of likely N-dealkylation sites (N-methyl/N-ethyl adjacent to an activating group) is 1. The van der Waals surface area contributed by atoms with Gasteiger partial charge in [-0.3, -0.25) is 0 Å². The molecule has 0 fully saturated rings. The lowest BCUT2D eigenvalue weighted by molar-refractivity contribution is -0.470. The molecule has 1 aliphatic carbocycles. The zero-order valence-corrected chi connectivity index (χ0v) is 35.4. The fourth-order valence-electron chi connectivity index (χ4n) is 8.34. The van der Waals surface area contributed by atoms with Crippen LogP contribution in [0.15, 0.2) is 129 Å². The van der Waals surface area contributed by atoms with Crippen LogP contribution in [0.2, 0.25) is 0 Å². The topological polar surface area (TPSA) is 9.49 Å². The summed E-state index contributed by atoms with van der Waals surface area (Å²) in [7, 11) is 2.15. The van der Waals surface area contributed by atoms with Crippen molar-refractivity contribution >= 4 is 52.0 Å². The summed E-state index contributed by atoms with van der Waals surface area (Å²) in [6.07, 6.45) is 16.2. The van der Waals surface area contributed by atoms with Crippen molar-refractivity contribution in [2.75, 3.05) is 22.9 Å². The number of benzene rings is 2. The van der Waals surface area contributed by atoms with Gasteiger partial charge in [0.05, 0.1) is 27.2 Å². The molecule has 3 aromatic rings. The lowest BCUT2D eigenvalue weighted by Crippen LogP contribution is -2.26. The molecule has 3 aromatic carbocycles. The Hall–Kier alpha value is -4.27. The van der Waals surface area contributed by atoms with E-state index >= 15 is 0 Å². The highest BCUT2D eigenvalue weighted by atomic mass is 79.9. The summed E-state index contributed by atoms with van der Waals surface area (Å²) in [4.78, 5) is 4.90. The molecule has 2 aliphatic heterocycles. The first-order valence-electron chi connectivity index (χ1n) is 19.4. The second-order valence-corrected chi connectivity index (χ2v) is 17.1. The average molecular weight is 766 g/mol. The molecule has 0 spiro atoms. The van der Waals surface area contributed by atoms with Crippen molar-refractivity contribution in [2.45, 2.75) is 87.5 Å². The smallest absolute Gasteiger partial charge is 0.188 e. The molecular formula is C48H56BBrN3+. The summed E-state index contributed by atoms with van der Waals surface area (Å²) in [6, 6.07) is 26.8. The second kappa shape index (κ2) is 15.2. The number of hydrogen-bond donors (Lipinski definition) is 0. The molecule has 0 saturated carbocycles. The Balaban J connectivity index is 1.56. The molecule has 5 heteroatoms. The van der Waals surface area contributed by atoms with Crippen LogP contribution in [0.5, 0.6) is 0 Å². The highest BCUT2D eigenvalue weighted by molar-refractivity contribution is 9.10. The van der Waals surface area contributed by atoms with E-state index in [-0.39, 0.29) is 10.8 Å². The molecule has 0 radical (unpaired) electrons. The van der Waals surface area contributed by atoms with E-state index in [0.717, 1.165) is 41.8 Å². The number of hydrogen-bond acceptors (Lipinski definition) is 2. The number of fused-ring (bicyclic) bond motifs is 1. The predicted octanol–water partition coefficient (Wildman–Crippen LogP) is 11.0. The van der Waals surface area contributed by atoms with E-state index in [2.05, 4.69) is 211 Å². The van der Waals surface area contributed by atoms with E-state index in [9.17, 15) is 0 Å². The van der Waals surface area contributed by atoms with Gasteiger partial charge in [-0.05, 0) is 136 Å². The zero-order chi connectivity index (χ0) is 38.2. The normalized spacial score (nSPS) is 21.4. The molecule has 0 amide bonds. The Bertz CT molecular complexity index is 2050. The highest BCUT2D eigenvalue weighted by Gasteiger charge is 2.48. The molecule has 0 saturated heterocycles. The first-order chi connectivity index (χ1) is 25.2. The molecule has 272 valence electrons. The van der Waals surface area contributed by atoms with Crippen LogP contribution in [0.3, 0.4) is 0 Å². The Morgan fingerprint density at radius 1 is 0.962 bits per heavy atom. The average Bonchev–Trinajstić information content (AvgIpc) is 3.67. The Morgan fingerprint density at radius 3 is 2.34 bits per heavy atom. The number of allylic oxidation sites excluding steroid dienone is 11. The minimum absolute atomic E-state index is 0.00758. The quantitative estimate of drug-likeness (QED) is 0.159. The summed E-state index contributed by atoms with van der Waals surface area (Å²) in [5.74, 6) is 0.401.